The highest BCUT2D eigenvalue weighted by Crippen LogP contribution is 2.39. The second kappa shape index (κ2) is 9.11. The summed E-state index contributed by atoms with van der Waals surface area (Å²) in [5.41, 5.74) is 1.49. The van der Waals surface area contributed by atoms with E-state index in [2.05, 4.69) is 32.1 Å². The fourth-order valence-electron chi connectivity index (χ4n) is 3.13. The number of hydrogen-bond acceptors (Lipinski definition) is 2. The molecule has 1 aromatic rings. The van der Waals surface area contributed by atoms with E-state index in [0.29, 0.717) is 0 Å². The maximum Gasteiger partial charge on any atom is 0.236 e. The molecule has 0 aliphatic rings. The van der Waals surface area contributed by atoms with Gasteiger partial charge in [-0.1, -0.05) is 65.7 Å². The summed E-state index contributed by atoms with van der Waals surface area (Å²) in [5, 5.41) is 4.46. The summed E-state index contributed by atoms with van der Waals surface area (Å²) in [6, 6.07) is 0. The molecule has 21 heavy (non-hydrogen) atoms. The number of rotatable bonds is 11. The number of ether oxygens (including phenoxy) is 1. The fraction of sp³-hybridized carbons (Fsp3) is 0.833. The third-order valence-electron chi connectivity index (χ3n) is 4.55. The van der Waals surface area contributed by atoms with E-state index in [9.17, 15) is 0 Å². The van der Waals surface area contributed by atoms with Crippen molar-refractivity contribution >= 4 is 0 Å². The van der Waals surface area contributed by atoms with Crippen molar-refractivity contribution in [3.05, 3.63) is 11.8 Å². The lowest BCUT2D eigenvalue weighted by molar-refractivity contribution is 0.335. The van der Waals surface area contributed by atoms with Crippen molar-refractivity contribution in [3.8, 4) is 5.88 Å². The van der Waals surface area contributed by atoms with Gasteiger partial charge in [-0.05, 0) is 18.3 Å². The molecule has 0 saturated heterocycles. The highest BCUT2D eigenvalue weighted by Gasteiger charge is 2.31. The van der Waals surface area contributed by atoms with Gasteiger partial charge in [0.1, 0.15) is 0 Å². The molecule has 3 heteroatoms. The van der Waals surface area contributed by atoms with E-state index in [-0.39, 0.29) is 5.41 Å². The first-order chi connectivity index (χ1) is 10.1. The van der Waals surface area contributed by atoms with Gasteiger partial charge in [-0.3, -0.25) is 4.68 Å². The van der Waals surface area contributed by atoms with Crippen molar-refractivity contribution < 1.29 is 4.74 Å². The van der Waals surface area contributed by atoms with Crippen LogP contribution in [0, 0.1) is 0 Å². The molecule has 0 fully saturated rings. The number of nitrogens with zero attached hydrogens (tertiary/aromatic N) is 2. The van der Waals surface area contributed by atoms with Gasteiger partial charge in [-0.15, -0.1) is 5.10 Å². The van der Waals surface area contributed by atoms with Gasteiger partial charge in [0.2, 0.25) is 5.88 Å². The molecule has 0 aliphatic carbocycles. The first-order valence-electron chi connectivity index (χ1n) is 8.65. The van der Waals surface area contributed by atoms with Crippen LogP contribution in [0.5, 0.6) is 5.88 Å². The Morgan fingerprint density at radius 1 is 1.05 bits per heavy atom. The van der Waals surface area contributed by atoms with Gasteiger partial charge in [0.15, 0.2) is 0 Å². The minimum atomic E-state index is 0.197. The molecule has 122 valence electrons. The van der Waals surface area contributed by atoms with Gasteiger partial charge in [-0.25, -0.2) is 0 Å². The topological polar surface area (TPSA) is 27.1 Å². The van der Waals surface area contributed by atoms with Gasteiger partial charge in [-0.2, -0.15) is 0 Å². The molecule has 3 nitrogen and oxygen atoms in total. The molecule has 0 aliphatic heterocycles. The second-order valence-electron chi connectivity index (χ2n) is 6.55. The molecule has 1 atom stereocenters. The molecule has 0 bridgehead atoms. The summed E-state index contributed by atoms with van der Waals surface area (Å²) in [6.45, 7) is 6.93. The molecule has 1 aromatic heterocycles. The molecule has 1 heterocycles. The molecule has 0 spiro atoms. The quantitative estimate of drug-likeness (QED) is 0.522. The average molecular weight is 294 g/mol. The standard InChI is InChI=1S/C18H34N2O/c1-6-8-10-12-14-18(3,13-11-9-7-2)16-15-20(4)19-17(16)21-5/h15H,6-14H2,1-5H3. The molecule has 0 radical (unpaired) electrons. The van der Waals surface area contributed by atoms with Crippen molar-refractivity contribution in [2.45, 2.75) is 84.0 Å². The Kier molecular flexibility index (Phi) is 7.84. The zero-order chi connectivity index (χ0) is 15.7. The lowest BCUT2D eigenvalue weighted by Crippen LogP contribution is -2.22. The van der Waals surface area contributed by atoms with E-state index >= 15 is 0 Å². The molecule has 0 N–H and O–H groups in total. The van der Waals surface area contributed by atoms with Crippen molar-refractivity contribution in [2.75, 3.05) is 7.11 Å². The van der Waals surface area contributed by atoms with Crippen LogP contribution in [-0.4, -0.2) is 16.9 Å². The van der Waals surface area contributed by atoms with Crippen molar-refractivity contribution in [2.24, 2.45) is 7.05 Å². The Morgan fingerprint density at radius 3 is 2.19 bits per heavy atom. The predicted octanol–water partition coefficient (Wildman–Crippen LogP) is 5.24. The van der Waals surface area contributed by atoms with Gasteiger partial charge in [0, 0.05) is 18.8 Å². The smallest absolute Gasteiger partial charge is 0.236 e. The minimum absolute atomic E-state index is 0.197. The SMILES string of the molecule is CCCCCCC(C)(CCCCC)c1cn(C)nc1OC. The number of aryl methyl sites for hydroxylation is 1. The van der Waals surface area contributed by atoms with Crippen LogP contribution in [0.2, 0.25) is 0 Å². The third kappa shape index (κ3) is 5.37. The number of aromatic nitrogens is 2. The Balaban J connectivity index is 2.82. The minimum Gasteiger partial charge on any atom is -0.480 e. The number of hydrogen-bond donors (Lipinski definition) is 0. The fourth-order valence-corrected chi connectivity index (χ4v) is 3.13. The van der Waals surface area contributed by atoms with E-state index < -0.39 is 0 Å². The van der Waals surface area contributed by atoms with E-state index in [1.165, 1.54) is 63.4 Å². The molecular weight excluding hydrogens is 260 g/mol. The Bertz CT molecular complexity index is 400. The maximum atomic E-state index is 5.51. The van der Waals surface area contributed by atoms with Crippen LogP contribution >= 0.6 is 0 Å². The van der Waals surface area contributed by atoms with Gasteiger partial charge in [0.05, 0.1) is 7.11 Å². The summed E-state index contributed by atoms with van der Waals surface area (Å²) < 4.78 is 7.40. The summed E-state index contributed by atoms with van der Waals surface area (Å²) in [4.78, 5) is 0. The average Bonchev–Trinajstić information content (AvgIpc) is 2.86. The molecule has 0 amide bonds. The maximum absolute atomic E-state index is 5.51. The van der Waals surface area contributed by atoms with Crippen LogP contribution in [-0.2, 0) is 12.5 Å². The van der Waals surface area contributed by atoms with E-state index in [1.54, 1.807) is 7.11 Å². The Labute approximate surface area is 131 Å². The van der Waals surface area contributed by atoms with Crippen molar-refractivity contribution in [1.82, 2.24) is 9.78 Å². The largest absolute Gasteiger partial charge is 0.480 e. The van der Waals surface area contributed by atoms with Crippen LogP contribution < -0.4 is 4.74 Å². The lowest BCUT2D eigenvalue weighted by Gasteiger charge is -2.29. The molecule has 0 saturated carbocycles. The number of unbranched alkanes of at least 4 members (excludes halogenated alkanes) is 5. The highest BCUT2D eigenvalue weighted by molar-refractivity contribution is 5.31. The Morgan fingerprint density at radius 2 is 1.62 bits per heavy atom. The van der Waals surface area contributed by atoms with Gasteiger partial charge >= 0.3 is 0 Å². The van der Waals surface area contributed by atoms with E-state index in [4.69, 9.17) is 4.74 Å². The summed E-state index contributed by atoms with van der Waals surface area (Å²) in [7, 11) is 3.71. The highest BCUT2D eigenvalue weighted by atomic mass is 16.5. The third-order valence-corrected chi connectivity index (χ3v) is 4.55. The summed E-state index contributed by atoms with van der Waals surface area (Å²) in [5.74, 6) is 0.812. The first-order valence-corrected chi connectivity index (χ1v) is 8.65. The first kappa shape index (κ1) is 18.1. The van der Waals surface area contributed by atoms with Crippen molar-refractivity contribution in [1.29, 1.82) is 0 Å². The monoisotopic (exact) mass is 294 g/mol. The van der Waals surface area contributed by atoms with Crippen LogP contribution in [0.15, 0.2) is 6.20 Å². The van der Waals surface area contributed by atoms with Gasteiger partial charge < -0.3 is 4.74 Å². The van der Waals surface area contributed by atoms with Gasteiger partial charge in [0.25, 0.3) is 0 Å². The molecule has 1 rings (SSSR count). The number of methoxy groups -OCH3 is 1. The zero-order valence-corrected chi connectivity index (χ0v) is 14.7. The predicted molar refractivity (Wildman–Crippen MR) is 90.0 cm³/mol. The van der Waals surface area contributed by atoms with Crippen LogP contribution in [0.4, 0.5) is 0 Å². The van der Waals surface area contributed by atoms with Crippen LogP contribution in [0.1, 0.15) is 84.1 Å². The lowest BCUT2D eigenvalue weighted by atomic mass is 9.75. The summed E-state index contributed by atoms with van der Waals surface area (Å²) in [6.07, 6.45) is 13.8. The normalized spacial score (nSPS) is 14.1. The van der Waals surface area contributed by atoms with E-state index in [0.717, 1.165) is 5.88 Å². The van der Waals surface area contributed by atoms with Crippen LogP contribution in [0.25, 0.3) is 0 Å². The zero-order valence-electron chi connectivity index (χ0n) is 14.7. The molecule has 0 aromatic carbocycles. The second-order valence-corrected chi connectivity index (χ2v) is 6.55. The van der Waals surface area contributed by atoms with E-state index in [1.807, 2.05) is 11.7 Å². The molecular formula is C18H34N2O. The van der Waals surface area contributed by atoms with Crippen molar-refractivity contribution in [3.63, 3.8) is 0 Å². The van der Waals surface area contributed by atoms with Crippen LogP contribution in [0.3, 0.4) is 0 Å². The molecule has 1 unspecified atom stereocenters. The summed E-state index contributed by atoms with van der Waals surface area (Å²) >= 11 is 0. The Hall–Kier alpha value is -0.990.